The van der Waals surface area contributed by atoms with E-state index in [1.165, 1.54) is 35.2 Å². The van der Waals surface area contributed by atoms with Gasteiger partial charge in [-0.1, -0.05) is 6.07 Å². The van der Waals surface area contributed by atoms with Crippen LogP contribution in [0, 0.1) is 21.4 Å². The van der Waals surface area contributed by atoms with E-state index in [0.29, 0.717) is 0 Å². The maximum atomic E-state index is 15.6. The summed E-state index contributed by atoms with van der Waals surface area (Å²) < 4.78 is 31.2. The molecule has 10 heteroatoms. The van der Waals surface area contributed by atoms with Crippen LogP contribution < -0.4 is 4.90 Å². The van der Waals surface area contributed by atoms with Crippen LogP contribution in [-0.2, 0) is 11.3 Å². The van der Waals surface area contributed by atoms with Gasteiger partial charge in [0, 0.05) is 37.0 Å². The number of anilines is 1. The van der Waals surface area contributed by atoms with Gasteiger partial charge in [-0.3, -0.25) is 19.8 Å². The zero-order valence-corrected chi connectivity index (χ0v) is 15.6. The van der Waals surface area contributed by atoms with Crippen LogP contribution >= 0.6 is 0 Å². The van der Waals surface area contributed by atoms with Gasteiger partial charge in [-0.2, -0.15) is 5.26 Å². The molecule has 0 unspecified atom stereocenters. The van der Waals surface area contributed by atoms with Gasteiger partial charge in [0.15, 0.2) is 5.67 Å². The highest BCUT2D eigenvalue weighted by molar-refractivity contribution is 6.04. The monoisotopic (exact) mass is 414 g/mol. The molecule has 2 aliphatic heterocycles. The molecular weight excluding hydrogens is 398 g/mol. The van der Waals surface area contributed by atoms with E-state index in [1.807, 2.05) is 6.07 Å². The van der Waals surface area contributed by atoms with E-state index < -0.39 is 41.8 Å². The first kappa shape index (κ1) is 19.7. The number of nitro groups is 1. The van der Waals surface area contributed by atoms with E-state index in [1.54, 1.807) is 0 Å². The predicted molar refractivity (Wildman–Crippen MR) is 101 cm³/mol. The lowest BCUT2D eigenvalue weighted by atomic mass is 9.93. The zero-order chi connectivity index (χ0) is 21.7. The Morgan fingerprint density at radius 1 is 1.20 bits per heavy atom. The number of hydrogen-bond donors (Lipinski definition) is 1. The first-order valence-electron chi connectivity index (χ1n) is 9.05. The van der Waals surface area contributed by atoms with Gasteiger partial charge in [-0.15, -0.1) is 0 Å². The van der Waals surface area contributed by atoms with Crippen LogP contribution in [0.1, 0.15) is 11.1 Å². The standard InChI is InChI=1S/C20H16F2N4O4/c21-19-10-24(9-14-7-16(27)4-5-17(14)26(29)30)12-20(19,22)18(28)25(11-19)15-3-1-2-13(6-15)8-23/h1-7,27H,9-12H2/t19-,20+/m0/s1. The fraction of sp³-hybridized carbons (Fsp3) is 0.300. The number of nitrogens with zero attached hydrogens (tertiary/aromatic N) is 4. The van der Waals surface area contributed by atoms with Crippen molar-refractivity contribution in [3.8, 4) is 11.8 Å². The molecule has 2 aliphatic rings. The molecular formula is C20H16F2N4O4. The summed E-state index contributed by atoms with van der Waals surface area (Å²) in [6, 6.07) is 11.3. The third-order valence-electron chi connectivity index (χ3n) is 5.56. The minimum Gasteiger partial charge on any atom is -0.508 e. The molecule has 2 atom stereocenters. The van der Waals surface area contributed by atoms with Crippen molar-refractivity contribution >= 4 is 17.3 Å². The average Bonchev–Trinajstić information content (AvgIpc) is 3.05. The van der Waals surface area contributed by atoms with Gasteiger partial charge < -0.3 is 10.0 Å². The number of phenolic OH excluding ortho intramolecular Hbond substituents is 1. The van der Waals surface area contributed by atoms with Crippen molar-refractivity contribution in [3.63, 3.8) is 0 Å². The van der Waals surface area contributed by atoms with Gasteiger partial charge in [0.25, 0.3) is 11.6 Å². The number of likely N-dealkylation sites (tertiary alicyclic amines) is 1. The van der Waals surface area contributed by atoms with Crippen molar-refractivity contribution in [1.29, 1.82) is 5.26 Å². The van der Waals surface area contributed by atoms with Gasteiger partial charge in [0.2, 0.25) is 5.67 Å². The molecule has 30 heavy (non-hydrogen) atoms. The molecule has 2 aromatic rings. The van der Waals surface area contributed by atoms with Crippen molar-refractivity contribution in [1.82, 2.24) is 4.90 Å². The lowest BCUT2D eigenvalue weighted by Gasteiger charge is -2.22. The van der Waals surface area contributed by atoms with E-state index in [0.717, 1.165) is 17.0 Å². The van der Waals surface area contributed by atoms with Gasteiger partial charge in [0.1, 0.15) is 5.75 Å². The number of aromatic hydroxyl groups is 1. The summed E-state index contributed by atoms with van der Waals surface area (Å²) in [5.74, 6) is -1.26. The molecule has 2 saturated heterocycles. The van der Waals surface area contributed by atoms with Crippen molar-refractivity contribution in [2.24, 2.45) is 0 Å². The van der Waals surface area contributed by atoms with Gasteiger partial charge in [-0.25, -0.2) is 8.78 Å². The number of carbonyl (C=O) groups excluding carboxylic acids is 1. The molecule has 8 nitrogen and oxygen atoms in total. The molecule has 0 aromatic heterocycles. The molecule has 0 spiro atoms. The Morgan fingerprint density at radius 2 is 1.97 bits per heavy atom. The number of amides is 1. The third kappa shape index (κ3) is 2.95. The maximum Gasteiger partial charge on any atom is 0.274 e. The molecule has 0 saturated carbocycles. The van der Waals surface area contributed by atoms with Crippen LogP contribution in [0.4, 0.5) is 20.2 Å². The highest BCUT2D eigenvalue weighted by atomic mass is 19.2. The molecule has 4 rings (SSSR count). The Kier molecular flexibility index (Phi) is 4.43. The minimum atomic E-state index is -2.82. The number of fused-ring (bicyclic) bond motifs is 1. The normalized spacial score (nSPS) is 25.9. The highest BCUT2D eigenvalue weighted by Crippen LogP contribution is 2.47. The fourth-order valence-corrected chi connectivity index (χ4v) is 4.14. The highest BCUT2D eigenvalue weighted by Gasteiger charge is 2.71. The topological polar surface area (TPSA) is 111 Å². The Morgan fingerprint density at radius 3 is 2.63 bits per heavy atom. The van der Waals surface area contributed by atoms with Gasteiger partial charge >= 0.3 is 0 Å². The number of phenols is 1. The van der Waals surface area contributed by atoms with Crippen molar-refractivity contribution in [3.05, 3.63) is 63.7 Å². The first-order chi connectivity index (χ1) is 14.2. The summed E-state index contributed by atoms with van der Waals surface area (Å²) in [6.45, 7) is -1.75. The summed E-state index contributed by atoms with van der Waals surface area (Å²) in [7, 11) is 0. The number of halogens is 2. The Bertz CT molecular complexity index is 1100. The first-order valence-corrected chi connectivity index (χ1v) is 9.05. The predicted octanol–water partition coefficient (Wildman–Crippen LogP) is 2.45. The number of rotatable bonds is 4. The summed E-state index contributed by atoms with van der Waals surface area (Å²) in [4.78, 5) is 25.6. The molecule has 154 valence electrons. The average molecular weight is 414 g/mol. The molecule has 1 amide bonds. The van der Waals surface area contributed by atoms with Gasteiger partial charge in [-0.05, 0) is 30.3 Å². The van der Waals surface area contributed by atoms with Crippen LogP contribution in [0.25, 0.3) is 0 Å². The van der Waals surface area contributed by atoms with E-state index in [9.17, 15) is 20.0 Å². The largest absolute Gasteiger partial charge is 0.508 e. The Hall–Kier alpha value is -3.58. The lowest BCUT2D eigenvalue weighted by Crippen LogP contribution is -2.47. The van der Waals surface area contributed by atoms with E-state index >= 15 is 8.78 Å². The fourth-order valence-electron chi connectivity index (χ4n) is 4.14. The second-order valence-corrected chi connectivity index (χ2v) is 7.54. The van der Waals surface area contributed by atoms with Crippen molar-refractivity contribution < 1.29 is 23.6 Å². The number of hydrogen-bond acceptors (Lipinski definition) is 6. The maximum absolute atomic E-state index is 15.6. The SMILES string of the molecule is N#Cc1cccc(N2C[C@@]3(F)CN(Cc4cc(O)ccc4[N+](=O)[O-])C[C@@]3(F)C2=O)c1. The molecule has 2 heterocycles. The van der Waals surface area contributed by atoms with Crippen LogP contribution in [0.15, 0.2) is 42.5 Å². The van der Waals surface area contributed by atoms with Crippen LogP contribution in [0.5, 0.6) is 5.75 Å². The van der Waals surface area contributed by atoms with Crippen molar-refractivity contribution in [2.75, 3.05) is 24.5 Å². The Labute approximate surface area is 169 Å². The number of nitriles is 1. The van der Waals surface area contributed by atoms with E-state index in [-0.39, 0.29) is 34.8 Å². The minimum absolute atomic E-state index is 0.0956. The molecule has 2 aromatic carbocycles. The molecule has 1 N–H and O–H groups in total. The number of carbonyl (C=O) groups is 1. The Balaban J connectivity index is 1.59. The molecule has 0 radical (unpaired) electrons. The quantitative estimate of drug-likeness (QED) is 0.608. The van der Waals surface area contributed by atoms with Crippen LogP contribution in [0.2, 0.25) is 0 Å². The zero-order valence-electron chi connectivity index (χ0n) is 15.6. The summed E-state index contributed by atoms with van der Waals surface area (Å²) in [5, 5.41) is 29.9. The van der Waals surface area contributed by atoms with Crippen LogP contribution in [0.3, 0.4) is 0 Å². The van der Waals surface area contributed by atoms with Crippen LogP contribution in [-0.4, -0.2) is 51.8 Å². The summed E-state index contributed by atoms with van der Waals surface area (Å²) >= 11 is 0. The van der Waals surface area contributed by atoms with E-state index in [4.69, 9.17) is 5.26 Å². The molecule has 0 aliphatic carbocycles. The lowest BCUT2D eigenvalue weighted by molar-refractivity contribution is -0.385. The number of alkyl halides is 2. The molecule has 0 bridgehead atoms. The van der Waals surface area contributed by atoms with E-state index in [2.05, 4.69) is 0 Å². The van der Waals surface area contributed by atoms with Crippen molar-refractivity contribution in [2.45, 2.75) is 17.9 Å². The summed E-state index contributed by atoms with van der Waals surface area (Å²) in [5.41, 5.74) is -5.03. The third-order valence-corrected chi connectivity index (χ3v) is 5.56. The molecule has 2 fully saturated rings. The number of nitro benzene ring substituents is 1. The summed E-state index contributed by atoms with van der Waals surface area (Å²) in [6.07, 6.45) is 0. The second kappa shape index (κ2) is 6.74. The van der Waals surface area contributed by atoms with Gasteiger partial charge in [0.05, 0.1) is 23.1 Å². The second-order valence-electron chi connectivity index (χ2n) is 7.54. The number of benzene rings is 2. The smallest absolute Gasteiger partial charge is 0.274 e.